The molecule has 1 amide bonds. The summed E-state index contributed by atoms with van der Waals surface area (Å²) in [5, 5.41) is 10.8. The summed E-state index contributed by atoms with van der Waals surface area (Å²) in [7, 11) is 0. The lowest BCUT2D eigenvalue weighted by Gasteiger charge is -2.06. The summed E-state index contributed by atoms with van der Waals surface area (Å²) in [5.41, 5.74) is 3.38. The van der Waals surface area contributed by atoms with Crippen molar-refractivity contribution in [3.05, 3.63) is 47.8 Å². The minimum Gasteiger partial charge on any atom is -0.350 e. The van der Waals surface area contributed by atoms with Crippen LogP contribution in [0, 0.1) is 5.92 Å². The van der Waals surface area contributed by atoms with Crippen LogP contribution in [-0.2, 0) is 0 Å². The molecule has 0 saturated heterocycles. The maximum Gasteiger partial charge on any atom is 0.272 e. The van der Waals surface area contributed by atoms with Crippen LogP contribution >= 0.6 is 0 Å². The number of hydrogen-bond acceptors (Lipinski definition) is 3. The van der Waals surface area contributed by atoms with Crippen LogP contribution in [0.5, 0.6) is 0 Å². The van der Waals surface area contributed by atoms with Gasteiger partial charge in [0.2, 0.25) is 0 Å². The van der Waals surface area contributed by atoms with E-state index in [1.54, 1.807) is 6.20 Å². The van der Waals surface area contributed by atoms with Gasteiger partial charge in [0.15, 0.2) is 5.69 Å². The molecule has 0 unspecified atom stereocenters. The molecule has 1 aromatic heterocycles. The highest BCUT2D eigenvalue weighted by Crippen LogP contribution is 2.22. The monoisotopic (exact) mass is 310 g/mol. The van der Waals surface area contributed by atoms with Crippen LogP contribution in [0.2, 0.25) is 0 Å². The second-order valence-corrected chi connectivity index (χ2v) is 5.81. The molecule has 2 aromatic rings. The highest BCUT2D eigenvalue weighted by atomic mass is 16.1. The first-order valence-electron chi connectivity index (χ1n) is 7.59. The van der Waals surface area contributed by atoms with Crippen molar-refractivity contribution in [2.45, 2.75) is 20.8 Å². The normalized spacial score (nSPS) is 12.3. The second-order valence-electron chi connectivity index (χ2n) is 5.81. The van der Waals surface area contributed by atoms with Crippen molar-refractivity contribution < 1.29 is 4.79 Å². The topological polar surface area (TPSA) is 70.1 Å². The zero-order valence-corrected chi connectivity index (χ0v) is 13.8. The predicted molar refractivity (Wildman–Crippen MR) is 95.6 cm³/mol. The maximum absolute atomic E-state index is 12.3. The number of amides is 1. The van der Waals surface area contributed by atoms with Crippen molar-refractivity contribution in [2.24, 2.45) is 10.9 Å². The smallest absolute Gasteiger partial charge is 0.272 e. The van der Waals surface area contributed by atoms with Gasteiger partial charge in [-0.15, -0.1) is 0 Å². The Morgan fingerprint density at radius 1 is 1.48 bits per heavy atom. The third-order valence-corrected chi connectivity index (χ3v) is 3.44. The maximum atomic E-state index is 12.3. The lowest BCUT2D eigenvalue weighted by molar-refractivity contribution is 0.0945. The lowest BCUT2D eigenvalue weighted by atomic mass is 10.0. The first kappa shape index (κ1) is 16.7. The fourth-order valence-corrected chi connectivity index (χ4v) is 2.16. The Morgan fingerprint density at radius 3 is 2.96 bits per heavy atom. The highest BCUT2D eigenvalue weighted by molar-refractivity contribution is 6.05. The number of fused-ring (bicyclic) bond motifs is 1. The van der Waals surface area contributed by atoms with Crippen LogP contribution in [0.4, 0.5) is 0 Å². The van der Waals surface area contributed by atoms with Gasteiger partial charge in [-0.2, -0.15) is 5.10 Å². The number of rotatable bonds is 6. The number of benzene rings is 1. The molecule has 23 heavy (non-hydrogen) atoms. The Bertz CT molecular complexity index is 768. The van der Waals surface area contributed by atoms with Crippen LogP contribution in [0.1, 0.15) is 36.8 Å². The number of nitrogens with zero attached hydrogens (tertiary/aromatic N) is 2. The lowest BCUT2D eigenvalue weighted by Crippen LogP contribution is -2.27. The summed E-state index contributed by atoms with van der Waals surface area (Å²) in [4.78, 5) is 15.9. The van der Waals surface area contributed by atoms with Gasteiger partial charge >= 0.3 is 0 Å². The average molecular weight is 310 g/mol. The van der Waals surface area contributed by atoms with Crippen LogP contribution in [0.3, 0.4) is 0 Å². The number of aliphatic imine (C=N–C) groups is 1. The van der Waals surface area contributed by atoms with E-state index in [4.69, 9.17) is 0 Å². The van der Waals surface area contributed by atoms with Gasteiger partial charge in [-0.25, -0.2) is 0 Å². The molecule has 5 heteroatoms. The second kappa shape index (κ2) is 7.54. The molecule has 1 heterocycles. The van der Waals surface area contributed by atoms with Crippen molar-refractivity contribution in [3.63, 3.8) is 0 Å². The van der Waals surface area contributed by atoms with Crippen LogP contribution < -0.4 is 5.32 Å². The number of nitrogens with one attached hydrogen (secondary N) is 2. The van der Waals surface area contributed by atoms with Crippen molar-refractivity contribution in [3.8, 4) is 0 Å². The van der Waals surface area contributed by atoms with Gasteiger partial charge in [0.1, 0.15) is 0 Å². The third-order valence-electron chi connectivity index (χ3n) is 3.44. The van der Waals surface area contributed by atoms with E-state index >= 15 is 0 Å². The Labute approximate surface area is 136 Å². The molecule has 0 radical (unpaired) electrons. The fraction of sp³-hybridized carbons (Fsp3) is 0.278. The molecule has 0 aliphatic heterocycles. The zero-order chi connectivity index (χ0) is 16.8. The molecular weight excluding hydrogens is 288 g/mol. The van der Waals surface area contributed by atoms with Gasteiger partial charge in [0, 0.05) is 18.1 Å². The van der Waals surface area contributed by atoms with Crippen LogP contribution in [0.25, 0.3) is 16.5 Å². The van der Waals surface area contributed by atoms with E-state index in [1.165, 1.54) is 0 Å². The van der Waals surface area contributed by atoms with E-state index < -0.39 is 0 Å². The zero-order valence-electron chi connectivity index (χ0n) is 13.8. The van der Waals surface area contributed by atoms with E-state index in [9.17, 15) is 4.79 Å². The van der Waals surface area contributed by atoms with Crippen LogP contribution in [0.15, 0.2) is 41.5 Å². The Hall–Kier alpha value is -2.69. The molecule has 0 bridgehead atoms. The molecule has 0 atom stereocenters. The molecule has 0 aliphatic carbocycles. The minimum atomic E-state index is -0.153. The molecule has 1 aromatic carbocycles. The molecule has 2 rings (SSSR count). The number of carbonyl (C=O) groups is 1. The van der Waals surface area contributed by atoms with E-state index in [0.717, 1.165) is 22.0 Å². The molecule has 120 valence electrons. The Balaban J connectivity index is 2.33. The van der Waals surface area contributed by atoms with Gasteiger partial charge in [0.05, 0.1) is 5.52 Å². The highest BCUT2D eigenvalue weighted by Gasteiger charge is 2.14. The summed E-state index contributed by atoms with van der Waals surface area (Å²) >= 11 is 0. The summed E-state index contributed by atoms with van der Waals surface area (Å²) in [6.45, 7) is 10.2. The number of aromatic nitrogens is 2. The van der Waals surface area contributed by atoms with E-state index in [1.807, 2.05) is 37.3 Å². The number of H-pyrrole nitrogens is 1. The number of allylic oxidation sites excluding steroid dienone is 3. The van der Waals surface area contributed by atoms with Crippen molar-refractivity contribution in [1.29, 1.82) is 0 Å². The standard InChI is InChI=1S/C18H22N4O/c1-12(2)11-20-18(23)17-15-10-14(7-8-16(15)21-22-17)13(3)6-5-9-19-4/h5-10,12H,4,11H2,1-3H3,(H,20,23)(H,21,22)/b9-5-,13-6+. The van der Waals surface area contributed by atoms with Gasteiger partial charge in [-0.3, -0.25) is 14.9 Å². The molecule has 0 saturated carbocycles. The Kier molecular flexibility index (Phi) is 5.46. The van der Waals surface area contributed by atoms with Crippen molar-refractivity contribution in [1.82, 2.24) is 15.5 Å². The fourth-order valence-electron chi connectivity index (χ4n) is 2.16. The largest absolute Gasteiger partial charge is 0.350 e. The number of aromatic amines is 1. The quantitative estimate of drug-likeness (QED) is 0.632. The summed E-state index contributed by atoms with van der Waals surface area (Å²) in [6, 6.07) is 5.91. The van der Waals surface area contributed by atoms with Gasteiger partial charge in [0.25, 0.3) is 5.91 Å². The molecule has 2 N–H and O–H groups in total. The van der Waals surface area contributed by atoms with E-state index in [-0.39, 0.29) is 5.91 Å². The summed E-state index contributed by atoms with van der Waals surface area (Å²) < 4.78 is 0. The first-order chi connectivity index (χ1) is 11.0. The van der Waals surface area contributed by atoms with Gasteiger partial charge in [-0.1, -0.05) is 26.0 Å². The van der Waals surface area contributed by atoms with Gasteiger partial charge < -0.3 is 5.32 Å². The van der Waals surface area contributed by atoms with E-state index in [0.29, 0.717) is 18.2 Å². The molecule has 0 fully saturated rings. The van der Waals surface area contributed by atoms with Crippen LogP contribution in [-0.4, -0.2) is 29.4 Å². The average Bonchev–Trinajstić information content (AvgIpc) is 2.95. The molecular formula is C18H22N4O. The van der Waals surface area contributed by atoms with Gasteiger partial charge in [-0.05, 0) is 48.9 Å². The van der Waals surface area contributed by atoms with Crippen molar-refractivity contribution in [2.75, 3.05) is 6.54 Å². The van der Waals surface area contributed by atoms with E-state index in [2.05, 4.69) is 41.1 Å². The number of hydrogen-bond donors (Lipinski definition) is 2. The first-order valence-corrected chi connectivity index (χ1v) is 7.59. The molecule has 0 spiro atoms. The summed E-state index contributed by atoms with van der Waals surface area (Å²) in [6.07, 6.45) is 5.41. The minimum absolute atomic E-state index is 0.153. The predicted octanol–water partition coefficient (Wildman–Crippen LogP) is 3.57. The Morgan fingerprint density at radius 2 is 2.26 bits per heavy atom. The third kappa shape index (κ3) is 4.16. The summed E-state index contributed by atoms with van der Waals surface area (Å²) in [5.74, 6) is 0.245. The number of carbonyl (C=O) groups excluding carboxylic acids is 1. The molecule has 0 aliphatic rings. The molecule has 5 nitrogen and oxygen atoms in total. The SMILES string of the molecule is C=N/C=C\C=C(/C)c1ccc2[nH]nc(C(=O)NCC(C)C)c2c1. The van der Waals surface area contributed by atoms with Crippen molar-refractivity contribution >= 4 is 29.1 Å².